The predicted octanol–water partition coefficient (Wildman–Crippen LogP) is 3.30. The highest BCUT2D eigenvalue weighted by atomic mass is 14.9. The van der Waals surface area contributed by atoms with E-state index >= 15 is 0 Å². The Morgan fingerprint density at radius 2 is 1.88 bits per heavy atom. The zero-order valence-electron chi connectivity index (χ0n) is 11.2. The number of hydrogen-bond donors (Lipinski definition) is 1. The topological polar surface area (TPSA) is 24.9 Å². The molecule has 1 aliphatic rings. The van der Waals surface area contributed by atoms with Crippen LogP contribution in [0.3, 0.4) is 0 Å². The first-order chi connectivity index (χ1) is 8.13. The lowest BCUT2D eigenvalue weighted by Gasteiger charge is -2.32. The van der Waals surface area contributed by atoms with E-state index in [-0.39, 0.29) is 0 Å². The quantitative estimate of drug-likeness (QED) is 0.865. The molecule has 1 heterocycles. The molecule has 0 bridgehead atoms. The highest BCUT2D eigenvalue weighted by Gasteiger charge is 2.23. The van der Waals surface area contributed by atoms with Crippen LogP contribution < -0.4 is 5.32 Å². The molecule has 17 heavy (non-hydrogen) atoms. The average Bonchev–Trinajstić information content (AvgIpc) is 2.25. The normalized spacial score (nSPS) is 29.2. The Morgan fingerprint density at radius 1 is 1.18 bits per heavy atom. The van der Waals surface area contributed by atoms with E-state index in [4.69, 9.17) is 0 Å². The molecule has 0 radical (unpaired) electrons. The van der Waals surface area contributed by atoms with Crippen molar-refractivity contribution in [3.8, 4) is 0 Å². The summed E-state index contributed by atoms with van der Waals surface area (Å²) in [5.74, 6) is 1.73. The van der Waals surface area contributed by atoms with Crippen LogP contribution >= 0.6 is 0 Å². The SMILES string of the molecule is Cc1cncc(CNC2CC(C)CC(C)C2)c1. The van der Waals surface area contributed by atoms with Crippen molar-refractivity contribution in [3.05, 3.63) is 29.6 Å². The zero-order chi connectivity index (χ0) is 12.3. The number of nitrogens with one attached hydrogen (secondary N) is 1. The van der Waals surface area contributed by atoms with Crippen molar-refractivity contribution in [1.29, 1.82) is 0 Å². The van der Waals surface area contributed by atoms with Gasteiger partial charge in [0.05, 0.1) is 0 Å². The molecule has 0 spiro atoms. The van der Waals surface area contributed by atoms with Crippen molar-refractivity contribution in [1.82, 2.24) is 10.3 Å². The third kappa shape index (κ3) is 3.81. The van der Waals surface area contributed by atoms with Gasteiger partial charge in [-0.3, -0.25) is 4.98 Å². The Morgan fingerprint density at radius 3 is 2.53 bits per heavy atom. The third-order valence-corrected chi connectivity index (χ3v) is 3.70. The van der Waals surface area contributed by atoms with Crippen LogP contribution in [0.25, 0.3) is 0 Å². The van der Waals surface area contributed by atoms with E-state index in [9.17, 15) is 0 Å². The summed E-state index contributed by atoms with van der Waals surface area (Å²) in [6, 6.07) is 2.91. The summed E-state index contributed by atoms with van der Waals surface area (Å²) in [4.78, 5) is 4.24. The molecule has 0 aliphatic heterocycles. The van der Waals surface area contributed by atoms with Crippen LogP contribution in [0.2, 0.25) is 0 Å². The lowest BCUT2D eigenvalue weighted by molar-refractivity contribution is 0.238. The Labute approximate surface area is 105 Å². The van der Waals surface area contributed by atoms with Gasteiger partial charge < -0.3 is 5.32 Å². The number of aromatic nitrogens is 1. The van der Waals surface area contributed by atoms with Gasteiger partial charge in [0.1, 0.15) is 0 Å². The van der Waals surface area contributed by atoms with Crippen LogP contribution in [0.5, 0.6) is 0 Å². The summed E-state index contributed by atoms with van der Waals surface area (Å²) < 4.78 is 0. The van der Waals surface area contributed by atoms with Crippen LogP contribution in [0, 0.1) is 18.8 Å². The van der Waals surface area contributed by atoms with E-state index in [0.717, 1.165) is 18.4 Å². The van der Waals surface area contributed by atoms with Crippen molar-refractivity contribution in [2.75, 3.05) is 0 Å². The predicted molar refractivity (Wildman–Crippen MR) is 71.8 cm³/mol. The number of nitrogens with zero attached hydrogens (tertiary/aromatic N) is 1. The van der Waals surface area contributed by atoms with Crippen molar-refractivity contribution >= 4 is 0 Å². The molecule has 1 fully saturated rings. The molecule has 0 aromatic carbocycles. The summed E-state index contributed by atoms with van der Waals surface area (Å²) in [5.41, 5.74) is 2.55. The molecule has 2 rings (SSSR count). The van der Waals surface area contributed by atoms with Gasteiger partial charge in [-0.05, 0) is 49.1 Å². The van der Waals surface area contributed by atoms with Crippen LogP contribution in [-0.4, -0.2) is 11.0 Å². The minimum atomic E-state index is 0.689. The first-order valence-electron chi connectivity index (χ1n) is 6.77. The van der Waals surface area contributed by atoms with E-state index in [0.29, 0.717) is 6.04 Å². The highest BCUT2D eigenvalue weighted by Crippen LogP contribution is 2.28. The lowest BCUT2D eigenvalue weighted by Crippen LogP contribution is -2.35. The maximum Gasteiger partial charge on any atom is 0.0313 e. The number of rotatable bonds is 3. The van der Waals surface area contributed by atoms with Gasteiger partial charge in [0.25, 0.3) is 0 Å². The van der Waals surface area contributed by atoms with E-state index in [1.807, 2.05) is 12.4 Å². The molecular weight excluding hydrogens is 208 g/mol. The van der Waals surface area contributed by atoms with Gasteiger partial charge in [0.15, 0.2) is 0 Å². The summed E-state index contributed by atoms with van der Waals surface area (Å²) >= 11 is 0. The monoisotopic (exact) mass is 232 g/mol. The first kappa shape index (κ1) is 12.6. The molecule has 1 aliphatic carbocycles. The van der Waals surface area contributed by atoms with Crippen molar-refractivity contribution in [3.63, 3.8) is 0 Å². The molecule has 1 aromatic heterocycles. The standard InChI is InChI=1S/C15H24N2/c1-11-4-12(2)7-15(6-11)17-10-14-5-13(3)8-16-9-14/h5,8-9,11-12,15,17H,4,6-7,10H2,1-3H3. The molecule has 2 nitrogen and oxygen atoms in total. The molecule has 1 saturated carbocycles. The van der Waals surface area contributed by atoms with Crippen LogP contribution in [-0.2, 0) is 6.54 Å². The Balaban J connectivity index is 1.85. The Hall–Kier alpha value is -0.890. The minimum absolute atomic E-state index is 0.689. The highest BCUT2D eigenvalue weighted by molar-refractivity contribution is 5.16. The molecular formula is C15H24N2. The smallest absolute Gasteiger partial charge is 0.0313 e. The van der Waals surface area contributed by atoms with E-state index in [2.05, 4.69) is 37.1 Å². The van der Waals surface area contributed by atoms with Gasteiger partial charge in [-0.15, -0.1) is 0 Å². The van der Waals surface area contributed by atoms with Gasteiger partial charge in [0, 0.05) is 25.0 Å². The Kier molecular flexibility index (Phi) is 4.16. The van der Waals surface area contributed by atoms with Crippen LogP contribution in [0.1, 0.15) is 44.2 Å². The fourth-order valence-corrected chi connectivity index (χ4v) is 3.09. The zero-order valence-corrected chi connectivity index (χ0v) is 11.2. The van der Waals surface area contributed by atoms with Crippen molar-refractivity contribution < 1.29 is 0 Å². The summed E-state index contributed by atoms with van der Waals surface area (Å²) in [7, 11) is 0. The molecule has 2 heteroatoms. The molecule has 0 amide bonds. The minimum Gasteiger partial charge on any atom is -0.310 e. The average molecular weight is 232 g/mol. The summed E-state index contributed by atoms with van der Waals surface area (Å²) in [6.45, 7) is 7.80. The van der Waals surface area contributed by atoms with E-state index < -0.39 is 0 Å². The third-order valence-electron chi connectivity index (χ3n) is 3.70. The molecule has 1 N–H and O–H groups in total. The lowest BCUT2D eigenvalue weighted by atomic mass is 9.80. The second-order valence-corrected chi connectivity index (χ2v) is 5.87. The van der Waals surface area contributed by atoms with Crippen molar-refractivity contribution in [2.45, 2.75) is 52.6 Å². The summed E-state index contributed by atoms with van der Waals surface area (Å²) in [6.07, 6.45) is 7.92. The second-order valence-electron chi connectivity index (χ2n) is 5.87. The summed E-state index contributed by atoms with van der Waals surface area (Å²) in [5, 5.41) is 3.69. The number of aryl methyl sites for hydroxylation is 1. The second kappa shape index (κ2) is 5.63. The Bertz CT molecular complexity index is 352. The van der Waals surface area contributed by atoms with Gasteiger partial charge in [-0.25, -0.2) is 0 Å². The molecule has 2 atom stereocenters. The van der Waals surface area contributed by atoms with Gasteiger partial charge in [0.2, 0.25) is 0 Å². The van der Waals surface area contributed by atoms with Gasteiger partial charge in [-0.1, -0.05) is 19.9 Å². The van der Waals surface area contributed by atoms with Gasteiger partial charge in [-0.2, -0.15) is 0 Å². The van der Waals surface area contributed by atoms with E-state index in [1.165, 1.54) is 30.4 Å². The maximum atomic E-state index is 4.24. The maximum absolute atomic E-state index is 4.24. The largest absolute Gasteiger partial charge is 0.310 e. The van der Waals surface area contributed by atoms with Crippen LogP contribution in [0.15, 0.2) is 18.5 Å². The molecule has 0 saturated heterocycles. The molecule has 1 aromatic rings. The molecule has 2 unspecified atom stereocenters. The fraction of sp³-hybridized carbons (Fsp3) is 0.667. The number of hydrogen-bond acceptors (Lipinski definition) is 2. The number of pyridine rings is 1. The van der Waals surface area contributed by atoms with Gasteiger partial charge >= 0.3 is 0 Å². The first-order valence-corrected chi connectivity index (χ1v) is 6.77. The fourth-order valence-electron chi connectivity index (χ4n) is 3.09. The van der Waals surface area contributed by atoms with Crippen LogP contribution in [0.4, 0.5) is 0 Å². The molecule has 94 valence electrons. The van der Waals surface area contributed by atoms with E-state index in [1.54, 1.807) is 0 Å². The van der Waals surface area contributed by atoms with Crippen molar-refractivity contribution in [2.24, 2.45) is 11.8 Å².